The zero-order valence-corrected chi connectivity index (χ0v) is 12.6. The third-order valence-electron chi connectivity index (χ3n) is 3.06. The number of halogens is 6. The molecule has 0 saturated carbocycles. The van der Waals surface area contributed by atoms with E-state index in [1.807, 2.05) is 0 Å². The Balaban J connectivity index is 3.17. The van der Waals surface area contributed by atoms with Crippen LogP contribution < -0.4 is 0 Å². The van der Waals surface area contributed by atoms with Crippen molar-refractivity contribution in [1.82, 2.24) is 4.90 Å². The van der Waals surface area contributed by atoms with Crippen LogP contribution in [0, 0.1) is 0 Å². The molecule has 0 saturated heterocycles. The molecular formula is C14H13F6NO3. The molecule has 0 unspecified atom stereocenters. The fourth-order valence-electron chi connectivity index (χ4n) is 1.76. The van der Waals surface area contributed by atoms with E-state index in [0.29, 0.717) is 12.1 Å². The van der Waals surface area contributed by atoms with Gasteiger partial charge in [-0.3, -0.25) is 9.59 Å². The highest BCUT2D eigenvalue weighted by atomic mass is 19.4. The van der Waals surface area contributed by atoms with Gasteiger partial charge in [0.05, 0.1) is 24.7 Å². The van der Waals surface area contributed by atoms with Crippen molar-refractivity contribution in [2.24, 2.45) is 0 Å². The Morgan fingerprint density at radius 1 is 1.00 bits per heavy atom. The summed E-state index contributed by atoms with van der Waals surface area (Å²) in [4.78, 5) is 23.9. The molecule has 10 heteroatoms. The molecule has 0 fully saturated rings. The molecule has 0 atom stereocenters. The number of amides is 1. The number of carbonyl (C=O) groups excluding carboxylic acids is 2. The lowest BCUT2D eigenvalue weighted by molar-refractivity contribution is -0.143. The third kappa shape index (κ3) is 5.14. The maximum atomic E-state index is 12.7. The Labute approximate surface area is 133 Å². The normalized spacial score (nSPS) is 12.0. The van der Waals surface area contributed by atoms with Crippen molar-refractivity contribution < 1.29 is 40.7 Å². The van der Waals surface area contributed by atoms with Crippen LogP contribution in [0.15, 0.2) is 18.2 Å². The predicted octanol–water partition coefficient (Wildman–Crippen LogP) is 3.36. The molecule has 4 nitrogen and oxygen atoms in total. The van der Waals surface area contributed by atoms with Crippen molar-refractivity contribution in [1.29, 1.82) is 0 Å². The fraction of sp³-hybridized carbons (Fsp3) is 0.429. The highest BCUT2D eigenvalue weighted by Crippen LogP contribution is 2.36. The summed E-state index contributed by atoms with van der Waals surface area (Å²) in [7, 11) is 2.26. The fourth-order valence-corrected chi connectivity index (χ4v) is 1.76. The summed E-state index contributed by atoms with van der Waals surface area (Å²) < 4.78 is 80.8. The molecule has 134 valence electrons. The van der Waals surface area contributed by atoms with E-state index in [1.54, 1.807) is 0 Å². The summed E-state index contributed by atoms with van der Waals surface area (Å²) >= 11 is 0. The zero-order valence-electron chi connectivity index (χ0n) is 12.6. The van der Waals surface area contributed by atoms with E-state index in [0.717, 1.165) is 19.1 Å². The summed E-state index contributed by atoms with van der Waals surface area (Å²) in [5.74, 6) is -1.75. The Morgan fingerprint density at radius 3 is 1.83 bits per heavy atom. The molecular weight excluding hydrogens is 344 g/mol. The first-order chi connectivity index (χ1) is 10.9. The van der Waals surface area contributed by atoms with Crippen LogP contribution in [0.4, 0.5) is 26.3 Å². The van der Waals surface area contributed by atoms with Crippen molar-refractivity contribution >= 4 is 11.9 Å². The van der Waals surface area contributed by atoms with Crippen LogP contribution in [-0.4, -0.2) is 37.5 Å². The van der Waals surface area contributed by atoms with Crippen molar-refractivity contribution in [2.75, 3.05) is 20.7 Å². The van der Waals surface area contributed by atoms with E-state index in [4.69, 9.17) is 0 Å². The predicted molar refractivity (Wildman–Crippen MR) is 70.0 cm³/mol. The van der Waals surface area contributed by atoms with Gasteiger partial charge in [-0.25, -0.2) is 0 Å². The van der Waals surface area contributed by atoms with Gasteiger partial charge in [0.1, 0.15) is 0 Å². The number of alkyl halides is 6. The standard InChI is InChI=1S/C14H13F6NO3/c1-21(4-3-11(22)24-2)12(23)8-5-9(13(15,16)17)7-10(6-8)14(18,19)20/h5-7H,3-4H2,1-2H3. The second kappa shape index (κ2) is 7.10. The number of hydrogen-bond acceptors (Lipinski definition) is 3. The van der Waals surface area contributed by atoms with Crippen LogP contribution in [0.1, 0.15) is 27.9 Å². The lowest BCUT2D eigenvalue weighted by atomic mass is 10.0. The lowest BCUT2D eigenvalue weighted by Crippen LogP contribution is -2.30. The molecule has 0 aliphatic carbocycles. The first kappa shape index (κ1) is 19.8. The molecule has 0 spiro atoms. The van der Waals surface area contributed by atoms with Gasteiger partial charge >= 0.3 is 18.3 Å². The van der Waals surface area contributed by atoms with Gasteiger partial charge in [0, 0.05) is 19.2 Å². The van der Waals surface area contributed by atoms with Gasteiger partial charge in [-0.2, -0.15) is 26.3 Å². The minimum atomic E-state index is -5.04. The monoisotopic (exact) mass is 357 g/mol. The van der Waals surface area contributed by atoms with Crippen molar-refractivity contribution in [2.45, 2.75) is 18.8 Å². The largest absolute Gasteiger partial charge is 0.469 e. The number of ether oxygens (including phenoxy) is 1. The molecule has 0 heterocycles. The van der Waals surface area contributed by atoms with E-state index >= 15 is 0 Å². The zero-order chi connectivity index (χ0) is 18.7. The van der Waals surface area contributed by atoms with Crippen molar-refractivity contribution in [3.8, 4) is 0 Å². The van der Waals surface area contributed by atoms with Gasteiger partial charge in [0.25, 0.3) is 5.91 Å². The maximum absolute atomic E-state index is 12.7. The summed E-state index contributed by atoms with van der Waals surface area (Å²) in [5.41, 5.74) is -3.94. The number of benzene rings is 1. The Bertz CT molecular complexity index is 592. The second-order valence-corrected chi connectivity index (χ2v) is 4.85. The van der Waals surface area contributed by atoms with Crippen LogP contribution in [0.2, 0.25) is 0 Å². The topological polar surface area (TPSA) is 46.6 Å². The molecule has 1 aromatic rings. The van der Waals surface area contributed by atoms with E-state index in [9.17, 15) is 35.9 Å². The first-order valence-electron chi connectivity index (χ1n) is 6.48. The van der Waals surface area contributed by atoms with Crippen molar-refractivity contribution in [3.05, 3.63) is 34.9 Å². The van der Waals surface area contributed by atoms with E-state index in [-0.39, 0.29) is 19.0 Å². The third-order valence-corrected chi connectivity index (χ3v) is 3.06. The Morgan fingerprint density at radius 2 is 1.46 bits per heavy atom. The van der Waals surface area contributed by atoms with Crippen LogP contribution in [-0.2, 0) is 21.9 Å². The number of esters is 1. The minimum absolute atomic E-state index is 0.0643. The average molecular weight is 357 g/mol. The summed E-state index contributed by atoms with van der Waals surface area (Å²) in [6, 6.07) is 0.615. The summed E-state index contributed by atoms with van der Waals surface area (Å²) in [6.45, 7) is -0.219. The molecule has 0 bridgehead atoms. The molecule has 0 radical (unpaired) electrons. The molecule has 24 heavy (non-hydrogen) atoms. The van der Waals surface area contributed by atoms with Gasteiger partial charge in [-0.1, -0.05) is 0 Å². The second-order valence-electron chi connectivity index (χ2n) is 4.85. The quantitative estimate of drug-likeness (QED) is 0.613. The number of hydrogen-bond donors (Lipinski definition) is 0. The molecule has 0 aliphatic rings. The molecule has 1 rings (SSSR count). The van der Waals surface area contributed by atoms with Gasteiger partial charge in [-0.15, -0.1) is 0 Å². The Kier molecular flexibility index (Phi) is 5.85. The summed E-state index contributed by atoms with van der Waals surface area (Å²) in [6.07, 6.45) is -10.3. The molecule has 1 amide bonds. The van der Waals surface area contributed by atoms with Crippen LogP contribution in [0.3, 0.4) is 0 Å². The first-order valence-corrected chi connectivity index (χ1v) is 6.48. The summed E-state index contributed by atoms with van der Waals surface area (Å²) in [5, 5.41) is 0. The van der Waals surface area contributed by atoms with Crippen LogP contribution >= 0.6 is 0 Å². The number of carbonyl (C=O) groups is 2. The maximum Gasteiger partial charge on any atom is 0.416 e. The average Bonchev–Trinajstić information content (AvgIpc) is 2.49. The number of rotatable bonds is 4. The minimum Gasteiger partial charge on any atom is -0.469 e. The van der Waals surface area contributed by atoms with Crippen LogP contribution in [0.5, 0.6) is 0 Å². The molecule has 0 aliphatic heterocycles. The van der Waals surface area contributed by atoms with E-state index < -0.39 is 40.9 Å². The van der Waals surface area contributed by atoms with Gasteiger partial charge in [0.2, 0.25) is 0 Å². The SMILES string of the molecule is COC(=O)CCN(C)C(=O)c1cc(C(F)(F)F)cc(C(F)(F)F)c1. The van der Waals surface area contributed by atoms with Gasteiger partial charge in [0.15, 0.2) is 0 Å². The molecule has 1 aromatic carbocycles. The van der Waals surface area contributed by atoms with Crippen LogP contribution in [0.25, 0.3) is 0 Å². The Hall–Kier alpha value is -2.26. The molecule has 0 aromatic heterocycles. The molecule has 0 N–H and O–H groups in total. The highest BCUT2D eigenvalue weighted by Gasteiger charge is 2.37. The van der Waals surface area contributed by atoms with E-state index in [2.05, 4.69) is 4.74 Å². The number of methoxy groups -OCH3 is 1. The van der Waals surface area contributed by atoms with Crippen molar-refractivity contribution in [3.63, 3.8) is 0 Å². The van der Waals surface area contributed by atoms with Gasteiger partial charge < -0.3 is 9.64 Å². The highest BCUT2D eigenvalue weighted by molar-refractivity contribution is 5.94. The number of nitrogens with zero attached hydrogens (tertiary/aromatic N) is 1. The van der Waals surface area contributed by atoms with Gasteiger partial charge in [-0.05, 0) is 18.2 Å². The van der Waals surface area contributed by atoms with E-state index in [1.165, 1.54) is 0 Å². The smallest absolute Gasteiger partial charge is 0.416 e. The lowest BCUT2D eigenvalue weighted by Gasteiger charge is -2.19.